The number of amides is 1. The Hall–Kier alpha value is -2.86. The van der Waals surface area contributed by atoms with Crippen LogP contribution in [-0.2, 0) is 14.3 Å². The monoisotopic (exact) mass is 459 g/mol. The minimum absolute atomic E-state index is 0.0972. The maximum atomic E-state index is 12.1. The number of aryl methyl sites for hydroxylation is 1. The van der Waals surface area contributed by atoms with Crippen molar-refractivity contribution in [2.24, 2.45) is 0 Å². The van der Waals surface area contributed by atoms with Crippen molar-refractivity contribution >= 4 is 5.91 Å². The van der Waals surface area contributed by atoms with Gasteiger partial charge in [-0.2, -0.15) is 13.2 Å². The van der Waals surface area contributed by atoms with E-state index in [4.69, 9.17) is 18.6 Å². The standard InChI is InChI=1S/C20H24F3N3O6/c1-13-2-5-15(6-3-13)30-11-17(27)24-14-4-7-16(31-10-14)18-25-26-19(32-18)29-9-8-28-12-20(21,22)23/h2-3,5-6,14,16H,4,7-12H2,1H3,(H,24,27)/t14-,16+/m0/s1. The number of ether oxygens (including phenoxy) is 4. The summed E-state index contributed by atoms with van der Waals surface area (Å²) in [6.07, 6.45) is -3.87. The van der Waals surface area contributed by atoms with E-state index in [-0.39, 0.29) is 50.3 Å². The molecule has 1 N–H and O–H groups in total. The zero-order chi connectivity index (χ0) is 23.0. The van der Waals surface area contributed by atoms with Crippen LogP contribution in [0.2, 0.25) is 0 Å². The van der Waals surface area contributed by atoms with Gasteiger partial charge in [-0.15, -0.1) is 5.10 Å². The number of hydrogen-bond acceptors (Lipinski definition) is 8. The van der Waals surface area contributed by atoms with Crippen molar-refractivity contribution in [3.05, 3.63) is 35.7 Å². The molecule has 176 valence electrons. The molecular weight excluding hydrogens is 435 g/mol. The Labute approximate surface area is 182 Å². The van der Waals surface area contributed by atoms with Crippen LogP contribution in [0.4, 0.5) is 13.2 Å². The zero-order valence-electron chi connectivity index (χ0n) is 17.4. The van der Waals surface area contributed by atoms with Crippen LogP contribution in [0, 0.1) is 6.92 Å². The van der Waals surface area contributed by atoms with Crippen molar-refractivity contribution in [3.63, 3.8) is 0 Å². The van der Waals surface area contributed by atoms with E-state index in [2.05, 4.69) is 20.3 Å². The molecule has 0 bridgehead atoms. The molecule has 1 amide bonds. The molecule has 1 aromatic heterocycles. The fourth-order valence-corrected chi connectivity index (χ4v) is 2.90. The first kappa shape index (κ1) is 23.8. The van der Waals surface area contributed by atoms with E-state index < -0.39 is 18.9 Å². The van der Waals surface area contributed by atoms with Crippen LogP contribution in [0.1, 0.15) is 30.4 Å². The van der Waals surface area contributed by atoms with E-state index in [1.54, 1.807) is 12.1 Å². The van der Waals surface area contributed by atoms with Crippen LogP contribution in [-0.4, -0.2) is 61.4 Å². The zero-order valence-corrected chi connectivity index (χ0v) is 17.4. The van der Waals surface area contributed by atoms with Gasteiger partial charge in [0.05, 0.1) is 19.3 Å². The second-order valence-electron chi connectivity index (χ2n) is 7.19. The lowest BCUT2D eigenvalue weighted by molar-refractivity contribution is -0.175. The van der Waals surface area contributed by atoms with Crippen molar-refractivity contribution in [1.82, 2.24) is 15.5 Å². The molecule has 1 aliphatic rings. The summed E-state index contributed by atoms with van der Waals surface area (Å²) in [6.45, 7) is 0.336. The van der Waals surface area contributed by atoms with Crippen LogP contribution in [0.5, 0.6) is 11.8 Å². The van der Waals surface area contributed by atoms with E-state index >= 15 is 0 Å². The quantitative estimate of drug-likeness (QED) is 0.541. The topological polar surface area (TPSA) is 105 Å². The molecule has 3 rings (SSSR count). The number of benzene rings is 1. The minimum Gasteiger partial charge on any atom is -0.484 e. The molecule has 1 aromatic carbocycles. The molecule has 0 saturated carbocycles. The third-order valence-corrected chi connectivity index (χ3v) is 4.45. The Bertz CT molecular complexity index is 851. The van der Waals surface area contributed by atoms with E-state index in [1.807, 2.05) is 19.1 Å². The highest BCUT2D eigenvalue weighted by Gasteiger charge is 2.29. The first-order chi connectivity index (χ1) is 15.3. The second-order valence-corrected chi connectivity index (χ2v) is 7.19. The molecule has 0 spiro atoms. The Kier molecular flexibility index (Phi) is 8.28. The maximum absolute atomic E-state index is 12.1. The molecule has 32 heavy (non-hydrogen) atoms. The summed E-state index contributed by atoms with van der Waals surface area (Å²) < 4.78 is 61.9. The molecule has 0 unspecified atom stereocenters. The van der Waals surface area contributed by atoms with Gasteiger partial charge in [0.15, 0.2) is 6.61 Å². The van der Waals surface area contributed by atoms with Crippen LogP contribution in [0.15, 0.2) is 28.7 Å². The van der Waals surface area contributed by atoms with Crippen LogP contribution >= 0.6 is 0 Å². The molecule has 1 saturated heterocycles. The van der Waals surface area contributed by atoms with Crippen molar-refractivity contribution in [3.8, 4) is 11.8 Å². The molecule has 0 radical (unpaired) electrons. The van der Waals surface area contributed by atoms with Crippen molar-refractivity contribution < 1.29 is 41.3 Å². The first-order valence-electron chi connectivity index (χ1n) is 9.99. The average molecular weight is 459 g/mol. The van der Waals surface area contributed by atoms with Crippen molar-refractivity contribution in [1.29, 1.82) is 0 Å². The third-order valence-electron chi connectivity index (χ3n) is 4.45. The predicted molar refractivity (Wildman–Crippen MR) is 103 cm³/mol. The summed E-state index contributed by atoms with van der Waals surface area (Å²) in [6, 6.07) is 7.23. The van der Waals surface area contributed by atoms with Gasteiger partial charge in [0.2, 0.25) is 5.89 Å². The molecule has 0 aliphatic carbocycles. The van der Waals surface area contributed by atoms with Crippen molar-refractivity contribution in [2.75, 3.05) is 33.0 Å². The van der Waals surface area contributed by atoms with E-state index in [0.29, 0.717) is 18.6 Å². The first-order valence-corrected chi connectivity index (χ1v) is 9.99. The number of alkyl halides is 3. The minimum atomic E-state index is -4.39. The lowest BCUT2D eigenvalue weighted by atomic mass is 10.1. The summed E-state index contributed by atoms with van der Waals surface area (Å²) >= 11 is 0. The van der Waals surface area contributed by atoms with E-state index in [0.717, 1.165) is 5.56 Å². The van der Waals surface area contributed by atoms with Gasteiger partial charge in [-0.05, 0) is 31.9 Å². The van der Waals surface area contributed by atoms with Gasteiger partial charge in [0, 0.05) is 0 Å². The lowest BCUT2D eigenvalue weighted by Gasteiger charge is -2.27. The lowest BCUT2D eigenvalue weighted by Crippen LogP contribution is -2.43. The van der Waals surface area contributed by atoms with Gasteiger partial charge in [0.25, 0.3) is 5.91 Å². The van der Waals surface area contributed by atoms with Gasteiger partial charge in [-0.3, -0.25) is 4.79 Å². The summed E-state index contributed by atoms with van der Waals surface area (Å²) in [5.41, 5.74) is 1.10. The molecule has 2 atom stereocenters. The molecule has 2 aromatic rings. The van der Waals surface area contributed by atoms with Crippen LogP contribution in [0.3, 0.4) is 0 Å². The Balaban J connectivity index is 1.33. The average Bonchev–Trinajstić information content (AvgIpc) is 3.22. The molecule has 2 heterocycles. The van der Waals surface area contributed by atoms with Gasteiger partial charge >= 0.3 is 12.3 Å². The summed E-state index contributed by atoms with van der Waals surface area (Å²) in [4.78, 5) is 12.1. The number of nitrogens with one attached hydrogen (secondary N) is 1. The number of aromatic nitrogens is 2. The Morgan fingerprint density at radius 3 is 2.62 bits per heavy atom. The molecule has 12 heteroatoms. The van der Waals surface area contributed by atoms with Crippen molar-refractivity contribution in [2.45, 2.75) is 38.1 Å². The van der Waals surface area contributed by atoms with Crippen LogP contribution in [0.25, 0.3) is 0 Å². The van der Waals surface area contributed by atoms with Gasteiger partial charge in [-0.1, -0.05) is 22.8 Å². The highest BCUT2D eigenvalue weighted by molar-refractivity contribution is 5.77. The predicted octanol–water partition coefficient (Wildman–Crippen LogP) is 2.75. The molecule has 1 fully saturated rings. The SMILES string of the molecule is Cc1ccc(OCC(=O)N[C@H]2CC[C@H](c3nnc(OCCOCC(F)(F)F)o3)OC2)cc1. The molecule has 9 nitrogen and oxygen atoms in total. The Morgan fingerprint density at radius 1 is 1.16 bits per heavy atom. The van der Waals surface area contributed by atoms with Gasteiger partial charge < -0.3 is 28.7 Å². The Morgan fingerprint density at radius 2 is 1.94 bits per heavy atom. The summed E-state index contributed by atoms with van der Waals surface area (Å²) in [5, 5.41) is 10.4. The number of carbonyl (C=O) groups excluding carboxylic acids is 1. The smallest absolute Gasteiger partial charge is 0.414 e. The van der Waals surface area contributed by atoms with Gasteiger partial charge in [-0.25, -0.2) is 0 Å². The number of nitrogens with zero attached hydrogens (tertiary/aromatic N) is 2. The fourth-order valence-electron chi connectivity index (χ4n) is 2.90. The number of halogens is 3. The largest absolute Gasteiger partial charge is 0.484 e. The summed E-state index contributed by atoms with van der Waals surface area (Å²) in [5.74, 6) is 0.564. The molecular formula is C20H24F3N3O6. The third kappa shape index (κ3) is 8.00. The normalized spacial score (nSPS) is 18.9. The van der Waals surface area contributed by atoms with Crippen LogP contribution < -0.4 is 14.8 Å². The number of hydrogen-bond donors (Lipinski definition) is 1. The molecule has 1 aliphatic heterocycles. The number of rotatable bonds is 10. The summed E-state index contributed by atoms with van der Waals surface area (Å²) in [7, 11) is 0. The van der Waals surface area contributed by atoms with E-state index in [9.17, 15) is 18.0 Å². The highest BCUT2D eigenvalue weighted by atomic mass is 19.4. The van der Waals surface area contributed by atoms with Gasteiger partial charge in [0.1, 0.15) is 25.1 Å². The highest BCUT2D eigenvalue weighted by Crippen LogP contribution is 2.28. The second kappa shape index (κ2) is 11.1. The number of carbonyl (C=O) groups is 1. The fraction of sp³-hybridized carbons (Fsp3) is 0.550. The maximum Gasteiger partial charge on any atom is 0.414 e. The van der Waals surface area contributed by atoms with E-state index in [1.165, 1.54) is 0 Å².